The second kappa shape index (κ2) is 6.47. The van der Waals surface area contributed by atoms with Crippen molar-refractivity contribution in [3.8, 4) is 29.3 Å². The monoisotopic (exact) mass is 456 g/mol. The van der Waals surface area contributed by atoms with Crippen LogP contribution >= 0.6 is 72.9 Å². The van der Waals surface area contributed by atoms with E-state index >= 15 is 0 Å². The zero-order chi connectivity index (χ0) is 16.0. The fourth-order valence-electron chi connectivity index (χ4n) is 2.33. The summed E-state index contributed by atoms with van der Waals surface area (Å²) in [6.45, 7) is 2.12. The molecule has 0 N–H and O–H groups in total. The van der Waals surface area contributed by atoms with Gasteiger partial charge in [0.05, 0.1) is 8.12 Å². The quantitative estimate of drug-likeness (QED) is 0.288. The molecule has 0 aromatic carbocycles. The molecule has 0 aliphatic carbocycles. The van der Waals surface area contributed by atoms with Gasteiger partial charge in [0.2, 0.25) is 0 Å². The van der Waals surface area contributed by atoms with Gasteiger partial charge in [-0.25, -0.2) is 0 Å². The summed E-state index contributed by atoms with van der Waals surface area (Å²) in [5.74, 6) is 0. The van der Waals surface area contributed by atoms with Crippen molar-refractivity contribution in [1.29, 1.82) is 0 Å². The van der Waals surface area contributed by atoms with Crippen LogP contribution in [0.5, 0.6) is 0 Å². The number of thiophene rings is 4. The molecule has 4 heterocycles. The summed E-state index contributed by atoms with van der Waals surface area (Å²) in [5, 5.41) is 0. The van der Waals surface area contributed by atoms with Crippen LogP contribution in [0.25, 0.3) is 29.3 Å². The summed E-state index contributed by atoms with van der Waals surface area (Å²) in [5.41, 5.74) is 1.25. The number of halogens is 2. The molecular weight excluding hydrogens is 448 g/mol. The van der Waals surface area contributed by atoms with Crippen molar-refractivity contribution in [2.75, 3.05) is 0 Å². The maximum atomic E-state index is 6.14. The van der Waals surface area contributed by atoms with Gasteiger partial charge in [-0.1, -0.05) is 11.6 Å². The van der Waals surface area contributed by atoms with Gasteiger partial charge in [0.1, 0.15) is 0 Å². The van der Waals surface area contributed by atoms with E-state index in [4.69, 9.17) is 11.6 Å². The molecule has 0 saturated heterocycles. The van der Waals surface area contributed by atoms with E-state index in [1.54, 1.807) is 22.7 Å². The molecule has 0 spiro atoms. The summed E-state index contributed by atoms with van der Waals surface area (Å²) < 4.78 is 2.03. The minimum atomic E-state index is 0.856. The minimum absolute atomic E-state index is 0.856. The maximum Gasteiger partial charge on any atom is 0.0937 e. The van der Waals surface area contributed by atoms with Gasteiger partial charge in [-0.3, -0.25) is 0 Å². The van der Waals surface area contributed by atoms with E-state index in [2.05, 4.69) is 59.3 Å². The van der Waals surface area contributed by atoms with Gasteiger partial charge >= 0.3 is 0 Å². The third-order valence-corrected chi connectivity index (χ3v) is 9.11. The van der Waals surface area contributed by atoms with Crippen molar-refractivity contribution in [3.63, 3.8) is 0 Å². The summed E-state index contributed by atoms with van der Waals surface area (Å²) in [4.78, 5) is 7.84. The highest BCUT2D eigenvalue weighted by Crippen LogP contribution is 2.44. The molecule has 0 aliphatic rings. The molecule has 6 heteroatoms. The average molecular weight is 458 g/mol. The number of hydrogen-bond donors (Lipinski definition) is 0. The van der Waals surface area contributed by atoms with Crippen LogP contribution in [-0.4, -0.2) is 0 Å². The predicted molar refractivity (Wildman–Crippen MR) is 112 cm³/mol. The average Bonchev–Trinajstić information content (AvgIpc) is 3.24. The second-order valence-electron chi connectivity index (χ2n) is 4.99. The maximum absolute atomic E-state index is 6.14. The Balaban J connectivity index is 1.67. The Kier molecular flexibility index (Phi) is 4.52. The Hall–Kier alpha value is -0.430. The Morgan fingerprint density at radius 1 is 0.739 bits per heavy atom. The normalized spacial score (nSPS) is 11.3. The van der Waals surface area contributed by atoms with Crippen molar-refractivity contribution in [1.82, 2.24) is 0 Å². The molecule has 0 radical (unpaired) electrons. The first-order valence-electron chi connectivity index (χ1n) is 6.82. The second-order valence-corrected chi connectivity index (χ2v) is 11.3. The standard InChI is InChI=1S/C17H10BrClS4/c1-9-8-16(19)23-17(9)14-5-4-11(21-14)10-2-3-12(20-10)13-6-7-15(18)22-13/h2-8H,1H3. The van der Waals surface area contributed by atoms with Crippen LogP contribution in [0.2, 0.25) is 4.34 Å². The van der Waals surface area contributed by atoms with Crippen LogP contribution in [0, 0.1) is 6.92 Å². The molecule has 0 fully saturated rings. The van der Waals surface area contributed by atoms with E-state index < -0.39 is 0 Å². The molecule has 0 nitrogen and oxygen atoms in total. The third-order valence-electron chi connectivity index (χ3n) is 3.38. The lowest BCUT2D eigenvalue weighted by molar-refractivity contribution is 1.56. The first-order valence-corrected chi connectivity index (χ1v) is 11.3. The molecular formula is C17H10BrClS4. The molecule has 0 bridgehead atoms. The minimum Gasteiger partial charge on any atom is -0.134 e. The van der Waals surface area contributed by atoms with Gasteiger partial charge in [0.25, 0.3) is 0 Å². The van der Waals surface area contributed by atoms with Gasteiger partial charge in [-0.15, -0.1) is 45.3 Å². The summed E-state index contributed by atoms with van der Waals surface area (Å²) in [7, 11) is 0. The van der Waals surface area contributed by atoms with Crippen LogP contribution in [-0.2, 0) is 0 Å². The smallest absolute Gasteiger partial charge is 0.0937 e. The highest BCUT2D eigenvalue weighted by Gasteiger charge is 2.12. The molecule has 116 valence electrons. The molecule has 23 heavy (non-hydrogen) atoms. The van der Waals surface area contributed by atoms with Crippen LogP contribution in [0.15, 0.2) is 46.3 Å². The van der Waals surface area contributed by atoms with E-state index in [0.29, 0.717) is 0 Å². The highest BCUT2D eigenvalue weighted by atomic mass is 79.9. The largest absolute Gasteiger partial charge is 0.134 e. The Morgan fingerprint density at radius 3 is 1.78 bits per heavy atom. The van der Waals surface area contributed by atoms with E-state index in [0.717, 1.165) is 4.34 Å². The van der Waals surface area contributed by atoms with Gasteiger partial charge in [-0.2, -0.15) is 0 Å². The van der Waals surface area contributed by atoms with Crippen LogP contribution < -0.4 is 0 Å². The molecule has 0 saturated carbocycles. The van der Waals surface area contributed by atoms with Crippen molar-refractivity contribution in [2.24, 2.45) is 0 Å². The van der Waals surface area contributed by atoms with Crippen LogP contribution in [0.1, 0.15) is 5.56 Å². The lowest BCUT2D eigenvalue weighted by Gasteiger charge is -1.94. The van der Waals surface area contributed by atoms with E-state index in [1.807, 2.05) is 28.7 Å². The predicted octanol–water partition coefficient (Wildman–Crippen LogP) is 8.66. The van der Waals surface area contributed by atoms with Gasteiger partial charge in [0, 0.05) is 29.3 Å². The van der Waals surface area contributed by atoms with Crippen molar-refractivity contribution >= 4 is 72.9 Å². The van der Waals surface area contributed by atoms with Gasteiger partial charge in [0.15, 0.2) is 0 Å². The number of rotatable bonds is 3. The topological polar surface area (TPSA) is 0 Å². The third kappa shape index (κ3) is 3.23. The van der Waals surface area contributed by atoms with Crippen molar-refractivity contribution < 1.29 is 0 Å². The Morgan fingerprint density at radius 2 is 1.26 bits per heavy atom. The van der Waals surface area contributed by atoms with E-state index in [-0.39, 0.29) is 0 Å². The van der Waals surface area contributed by atoms with E-state index in [9.17, 15) is 0 Å². The van der Waals surface area contributed by atoms with Crippen molar-refractivity contribution in [2.45, 2.75) is 6.92 Å². The van der Waals surface area contributed by atoms with Gasteiger partial charge in [-0.05, 0) is 70.9 Å². The summed E-state index contributed by atoms with van der Waals surface area (Å²) >= 11 is 16.8. The molecule has 4 rings (SSSR count). The molecule has 0 unspecified atom stereocenters. The molecule has 0 aliphatic heterocycles. The highest BCUT2D eigenvalue weighted by molar-refractivity contribution is 9.11. The Bertz CT molecular complexity index is 972. The first kappa shape index (κ1) is 16.1. The SMILES string of the molecule is Cc1cc(Cl)sc1-c1ccc(-c2ccc(-c3ccc(Br)s3)s2)s1. The van der Waals surface area contributed by atoms with Crippen molar-refractivity contribution in [3.05, 3.63) is 56.2 Å². The van der Waals surface area contributed by atoms with Crippen LogP contribution in [0.4, 0.5) is 0 Å². The molecule has 4 aromatic rings. The number of aryl methyl sites for hydroxylation is 1. The molecule has 0 atom stereocenters. The lowest BCUT2D eigenvalue weighted by Crippen LogP contribution is -1.66. The molecule has 4 aromatic heterocycles. The van der Waals surface area contributed by atoms with Crippen LogP contribution in [0.3, 0.4) is 0 Å². The van der Waals surface area contributed by atoms with Gasteiger partial charge < -0.3 is 0 Å². The van der Waals surface area contributed by atoms with E-state index in [1.165, 1.54) is 38.6 Å². The first-order chi connectivity index (χ1) is 11.1. The zero-order valence-electron chi connectivity index (χ0n) is 11.9. The number of hydrogen-bond acceptors (Lipinski definition) is 4. The summed E-state index contributed by atoms with van der Waals surface area (Å²) in [6, 6.07) is 15.2. The fourth-order valence-corrected chi connectivity index (χ4v) is 7.38. The zero-order valence-corrected chi connectivity index (χ0v) is 17.5. The fraction of sp³-hybridized carbons (Fsp3) is 0.0588. The lowest BCUT2D eigenvalue weighted by atomic mass is 10.2. The Labute approximate surface area is 164 Å². The molecule has 0 amide bonds. The summed E-state index contributed by atoms with van der Waals surface area (Å²) in [6.07, 6.45) is 0.